The number of rotatable bonds is 8. The minimum atomic E-state index is 0.561. The molecular weight excluding hydrogens is 733 g/mol. The van der Waals surface area contributed by atoms with Crippen LogP contribution in [0.1, 0.15) is 0 Å². The molecule has 5 nitrogen and oxygen atoms in total. The summed E-state index contributed by atoms with van der Waals surface area (Å²) < 4.78 is 6.71. The van der Waals surface area contributed by atoms with Crippen molar-refractivity contribution in [1.29, 1.82) is 0 Å². The van der Waals surface area contributed by atoms with Crippen LogP contribution in [0, 0.1) is 0 Å². The van der Waals surface area contributed by atoms with Gasteiger partial charge >= 0.3 is 0 Å². The first kappa shape index (κ1) is 35.0. The molecule has 0 aliphatic carbocycles. The zero-order chi connectivity index (χ0) is 39.8. The summed E-state index contributed by atoms with van der Waals surface area (Å²) >= 11 is 0. The van der Waals surface area contributed by atoms with Crippen LogP contribution in [-0.4, -0.2) is 15.0 Å². The van der Waals surface area contributed by atoms with Crippen molar-refractivity contribution in [2.75, 3.05) is 4.90 Å². The predicted molar refractivity (Wildman–Crippen MR) is 246 cm³/mol. The van der Waals surface area contributed by atoms with E-state index in [-0.39, 0.29) is 0 Å². The molecule has 0 spiro atoms. The standard InChI is InChI=1S/C55H36N4O/c1-4-16-37(17-5-1)38-30-32-39(33-31-38)42-22-14-25-44(34-42)59(43-23-8-3-9-24-43)45-35-49(52-48-27-12-13-29-50(48)60-51(52)36-45)55-57-53(41-19-6-2-7-20-41)56-54(58-55)47-28-15-21-40-18-10-11-26-46(40)47/h1-36H. The number of fused-ring (bicyclic) bond motifs is 4. The van der Waals surface area contributed by atoms with Crippen LogP contribution in [-0.2, 0) is 0 Å². The van der Waals surface area contributed by atoms with Gasteiger partial charge in [0.1, 0.15) is 11.2 Å². The monoisotopic (exact) mass is 768 g/mol. The van der Waals surface area contributed by atoms with Crippen molar-refractivity contribution in [2.24, 2.45) is 0 Å². The molecule has 11 aromatic rings. The fraction of sp³-hybridized carbons (Fsp3) is 0. The average Bonchev–Trinajstić information content (AvgIpc) is 3.71. The maximum atomic E-state index is 6.71. The lowest BCUT2D eigenvalue weighted by molar-refractivity contribution is 0.669. The van der Waals surface area contributed by atoms with Crippen LogP contribution >= 0.6 is 0 Å². The van der Waals surface area contributed by atoms with E-state index in [1.165, 1.54) is 11.1 Å². The van der Waals surface area contributed by atoms with Crippen LogP contribution in [0.3, 0.4) is 0 Å². The number of hydrogen-bond donors (Lipinski definition) is 0. The lowest BCUT2D eigenvalue weighted by Gasteiger charge is -2.26. The quantitative estimate of drug-likeness (QED) is 0.154. The molecule has 0 radical (unpaired) electrons. The zero-order valence-corrected chi connectivity index (χ0v) is 32.5. The molecule has 0 unspecified atom stereocenters. The summed E-state index contributed by atoms with van der Waals surface area (Å²) in [6.07, 6.45) is 0. The van der Waals surface area contributed by atoms with Crippen molar-refractivity contribution >= 4 is 49.8 Å². The number of furan rings is 1. The number of hydrogen-bond acceptors (Lipinski definition) is 5. The third kappa shape index (κ3) is 6.45. The number of nitrogens with zero attached hydrogens (tertiary/aromatic N) is 4. The molecule has 0 aliphatic rings. The van der Waals surface area contributed by atoms with Crippen molar-refractivity contribution in [3.8, 4) is 56.4 Å². The SMILES string of the molecule is c1ccc(-c2ccc(-c3cccc(N(c4ccccc4)c4cc(-c5nc(-c6ccccc6)nc(-c6cccc7ccccc67)n5)c5c(c4)oc4ccccc45)c3)cc2)cc1. The summed E-state index contributed by atoms with van der Waals surface area (Å²) in [7, 11) is 0. The third-order valence-corrected chi connectivity index (χ3v) is 11.1. The highest BCUT2D eigenvalue weighted by atomic mass is 16.3. The normalized spacial score (nSPS) is 11.3. The highest BCUT2D eigenvalue weighted by molar-refractivity contribution is 6.13. The number of aromatic nitrogens is 3. The maximum absolute atomic E-state index is 6.71. The van der Waals surface area contributed by atoms with E-state index in [1.54, 1.807) is 0 Å². The van der Waals surface area contributed by atoms with Gasteiger partial charge in [0.05, 0.1) is 5.69 Å². The Labute approximate surface area is 347 Å². The molecule has 0 saturated carbocycles. The first-order chi connectivity index (χ1) is 29.7. The van der Waals surface area contributed by atoms with E-state index in [9.17, 15) is 0 Å². The van der Waals surface area contributed by atoms with Crippen LogP contribution < -0.4 is 4.90 Å². The molecule has 60 heavy (non-hydrogen) atoms. The lowest BCUT2D eigenvalue weighted by atomic mass is 9.99. The summed E-state index contributed by atoms with van der Waals surface area (Å²) in [5, 5.41) is 4.14. The molecule has 0 amide bonds. The topological polar surface area (TPSA) is 55.1 Å². The minimum absolute atomic E-state index is 0.561. The van der Waals surface area contributed by atoms with E-state index in [0.717, 1.165) is 77.6 Å². The van der Waals surface area contributed by atoms with E-state index in [0.29, 0.717) is 17.5 Å². The summed E-state index contributed by atoms with van der Waals surface area (Å²) in [5.41, 5.74) is 11.8. The van der Waals surface area contributed by atoms with Gasteiger partial charge in [-0.15, -0.1) is 0 Å². The molecule has 0 fully saturated rings. The molecule has 0 atom stereocenters. The van der Waals surface area contributed by atoms with Crippen molar-refractivity contribution in [1.82, 2.24) is 15.0 Å². The molecule has 0 aliphatic heterocycles. The Balaban J connectivity index is 1.13. The first-order valence-electron chi connectivity index (χ1n) is 20.1. The molecule has 2 heterocycles. The molecule has 0 bridgehead atoms. The van der Waals surface area contributed by atoms with E-state index in [2.05, 4.69) is 163 Å². The third-order valence-electron chi connectivity index (χ3n) is 11.1. The molecule has 11 rings (SSSR count). The Morgan fingerprint density at radius 2 is 0.850 bits per heavy atom. The molecule has 5 heteroatoms. The van der Waals surface area contributed by atoms with Crippen molar-refractivity contribution in [3.63, 3.8) is 0 Å². The van der Waals surface area contributed by atoms with Crippen LogP contribution in [0.4, 0.5) is 17.1 Å². The maximum Gasteiger partial charge on any atom is 0.164 e. The lowest BCUT2D eigenvalue weighted by Crippen LogP contribution is -2.10. The highest BCUT2D eigenvalue weighted by Gasteiger charge is 2.23. The van der Waals surface area contributed by atoms with Gasteiger partial charge < -0.3 is 9.32 Å². The van der Waals surface area contributed by atoms with Gasteiger partial charge in [0, 0.05) is 44.9 Å². The largest absolute Gasteiger partial charge is 0.456 e. The molecule has 282 valence electrons. The van der Waals surface area contributed by atoms with Gasteiger partial charge in [-0.3, -0.25) is 0 Å². The molecule has 0 N–H and O–H groups in total. The van der Waals surface area contributed by atoms with Crippen LogP contribution in [0.2, 0.25) is 0 Å². The average molecular weight is 769 g/mol. The summed E-state index contributed by atoms with van der Waals surface area (Å²) in [4.78, 5) is 18.0. The highest BCUT2D eigenvalue weighted by Crippen LogP contribution is 2.44. The number of para-hydroxylation sites is 2. The first-order valence-corrected chi connectivity index (χ1v) is 20.1. The van der Waals surface area contributed by atoms with Gasteiger partial charge in [0.2, 0.25) is 0 Å². The van der Waals surface area contributed by atoms with E-state index >= 15 is 0 Å². The Morgan fingerprint density at radius 1 is 0.317 bits per heavy atom. The van der Waals surface area contributed by atoms with Gasteiger partial charge in [-0.25, -0.2) is 15.0 Å². The molecular formula is C55H36N4O. The molecule has 0 saturated heterocycles. The second-order valence-corrected chi connectivity index (χ2v) is 14.8. The Hall–Kier alpha value is -8.15. The van der Waals surface area contributed by atoms with Crippen LogP contribution in [0.25, 0.3) is 89.1 Å². The van der Waals surface area contributed by atoms with Gasteiger partial charge in [-0.2, -0.15) is 0 Å². The second-order valence-electron chi connectivity index (χ2n) is 14.8. The van der Waals surface area contributed by atoms with Crippen molar-refractivity contribution in [2.45, 2.75) is 0 Å². The summed E-state index contributed by atoms with van der Waals surface area (Å²) in [5.74, 6) is 1.76. The van der Waals surface area contributed by atoms with E-state index in [1.807, 2.05) is 60.7 Å². The van der Waals surface area contributed by atoms with Crippen LogP contribution in [0.15, 0.2) is 223 Å². The zero-order valence-electron chi connectivity index (χ0n) is 32.5. The molecule has 2 aromatic heterocycles. The minimum Gasteiger partial charge on any atom is -0.456 e. The van der Waals surface area contributed by atoms with Crippen LogP contribution in [0.5, 0.6) is 0 Å². The Morgan fingerprint density at radius 3 is 1.62 bits per heavy atom. The van der Waals surface area contributed by atoms with Crippen molar-refractivity contribution < 1.29 is 4.42 Å². The fourth-order valence-corrected chi connectivity index (χ4v) is 8.23. The number of anilines is 3. The predicted octanol–water partition coefficient (Wildman–Crippen LogP) is 14.7. The molecule has 9 aromatic carbocycles. The van der Waals surface area contributed by atoms with Gasteiger partial charge in [-0.1, -0.05) is 176 Å². The smallest absolute Gasteiger partial charge is 0.164 e. The number of benzene rings is 9. The second kappa shape index (κ2) is 15.0. The Bertz CT molecular complexity index is 3300. The summed E-state index contributed by atoms with van der Waals surface area (Å²) in [6.45, 7) is 0. The van der Waals surface area contributed by atoms with Gasteiger partial charge in [0.25, 0.3) is 0 Å². The van der Waals surface area contributed by atoms with Gasteiger partial charge in [-0.05, 0) is 69.4 Å². The summed E-state index contributed by atoms with van der Waals surface area (Å²) in [6, 6.07) is 75.7. The van der Waals surface area contributed by atoms with E-state index < -0.39 is 0 Å². The van der Waals surface area contributed by atoms with Gasteiger partial charge in [0.15, 0.2) is 17.5 Å². The fourth-order valence-electron chi connectivity index (χ4n) is 8.23. The van der Waals surface area contributed by atoms with Crippen molar-refractivity contribution in [3.05, 3.63) is 218 Å². The Kier molecular flexibility index (Phi) is 8.75. The van der Waals surface area contributed by atoms with E-state index in [4.69, 9.17) is 19.4 Å².